The van der Waals surface area contributed by atoms with Gasteiger partial charge in [0, 0.05) is 25.7 Å². The van der Waals surface area contributed by atoms with Gasteiger partial charge >= 0.3 is 39.5 Å². The lowest BCUT2D eigenvalue weighted by Gasteiger charge is -2.21. The lowest BCUT2D eigenvalue weighted by molar-refractivity contribution is -0.161. The van der Waals surface area contributed by atoms with E-state index in [0.717, 1.165) is 109 Å². The van der Waals surface area contributed by atoms with E-state index in [4.69, 9.17) is 37.0 Å². The van der Waals surface area contributed by atoms with Gasteiger partial charge in [-0.3, -0.25) is 37.3 Å². The number of aliphatic hydroxyl groups is 1. The Kier molecular flexibility index (Phi) is 72.5. The fourth-order valence-electron chi connectivity index (χ4n) is 12.6. The van der Waals surface area contributed by atoms with Crippen LogP contribution >= 0.6 is 15.6 Å². The van der Waals surface area contributed by atoms with E-state index in [2.05, 4.69) is 34.6 Å². The van der Waals surface area contributed by atoms with Gasteiger partial charge in [0.15, 0.2) is 12.2 Å². The summed E-state index contributed by atoms with van der Waals surface area (Å²) in [5.74, 6) is -1.24. The molecule has 0 spiro atoms. The van der Waals surface area contributed by atoms with Gasteiger partial charge in [-0.25, -0.2) is 9.13 Å². The molecule has 0 aliphatic heterocycles. The van der Waals surface area contributed by atoms with Crippen LogP contribution < -0.4 is 0 Å². The van der Waals surface area contributed by atoms with Crippen molar-refractivity contribution < 1.29 is 80.2 Å². The maximum Gasteiger partial charge on any atom is 0.472 e. The van der Waals surface area contributed by atoms with Crippen LogP contribution in [-0.4, -0.2) is 96.7 Å². The van der Waals surface area contributed by atoms with Crippen LogP contribution in [0.2, 0.25) is 0 Å². The van der Waals surface area contributed by atoms with Crippen molar-refractivity contribution in [2.24, 2.45) is 5.92 Å². The van der Waals surface area contributed by atoms with E-state index in [-0.39, 0.29) is 25.7 Å². The third-order valence-corrected chi connectivity index (χ3v) is 21.3. The summed E-state index contributed by atoms with van der Waals surface area (Å²) in [6, 6.07) is 0. The average molecular weight is 1470 g/mol. The molecular weight excluding hydrogens is 1310 g/mol. The molecule has 17 nitrogen and oxygen atoms in total. The standard InChI is InChI=1S/C81H158O17P2/c1-6-10-13-16-19-21-23-25-26-27-31-34-38-41-45-50-55-60-65-79(84)92-71-77(98-81(86)67-62-57-52-47-43-39-35-32-29-28-30-33-37-40-44-49-53-58-63-74(5)9-4)73-96-100(89,90)94-69-75(82)68-93-99(87,88)95-72-76(70-91-78(83)64-59-54-48-18-15-12-8-3)97-80(85)66-61-56-51-46-42-36-24-22-20-17-14-11-7-2/h74-77,82H,6-73H2,1-5H3,(H,87,88)(H,89,90)/t74?,75-,76+,77+/m0/s1. The quantitative estimate of drug-likeness (QED) is 0.0222. The Morgan fingerprint density at radius 2 is 0.480 bits per heavy atom. The number of rotatable bonds is 81. The zero-order valence-corrected chi connectivity index (χ0v) is 67.1. The van der Waals surface area contributed by atoms with E-state index >= 15 is 0 Å². The Morgan fingerprint density at radius 3 is 0.710 bits per heavy atom. The summed E-state index contributed by atoms with van der Waals surface area (Å²) in [5.41, 5.74) is 0. The van der Waals surface area contributed by atoms with Crippen molar-refractivity contribution in [3.63, 3.8) is 0 Å². The number of carbonyl (C=O) groups is 4. The van der Waals surface area contributed by atoms with Crippen LogP contribution in [0.1, 0.15) is 433 Å². The van der Waals surface area contributed by atoms with Crippen molar-refractivity contribution >= 4 is 39.5 Å². The molecular formula is C81H158O17P2. The van der Waals surface area contributed by atoms with Crippen molar-refractivity contribution in [1.82, 2.24) is 0 Å². The molecule has 3 unspecified atom stereocenters. The topological polar surface area (TPSA) is 237 Å². The number of aliphatic hydroxyl groups excluding tert-OH is 1. The summed E-state index contributed by atoms with van der Waals surface area (Å²) in [4.78, 5) is 72.8. The van der Waals surface area contributed by atoms with Gasteiger partial charge in [-0.15, -0.1) is 0 Å². The first-order valence-electron chi connectivity index (χ1n) is 42.2. The van der Waals surface area contributed by atoms with E-state index in [1.165, 1.54) is 244 Å². The SMILES string of the molecule is CCCCCCCCCCCCCCCCCCCCC(=O)OC[C@H](COP(=O)(O)OC[C@@H](O)COP(=O)(O)OC[C@@H](COC(=O)CCCCCCCCC)OC(=O)CCCCCCCCCCCCCCC)OC(=O)CCCCCCCCCCCCCCCCCCCCC(C)CC. The molecule has 0 aromatic heterocycles. The van der Waals surface area contributed by atoms with Gasteiger partial charge in [0.1, 0.15) is 19.3 Å². The van der Waals surface area contributed by atoms with Gasteiger partial charge in [0.2, 0.25) is 0 Å². The molecule has 0 aromatic rings. The molecule has 0 aliphatic rings. The molecule has 0 heterocycles. The maximum absolute atomic E-state index is 13.1. The third kappa shape index (κ3) is 73.0. The highest BCUT2D eigenvalue weighted by molar-refractivity contribution is 7.47. The molecule has 0 radical (unpaired) electrons. The summed E-state index contributed by atoms with van der Waals surface area (Å²) in [6.45, 7) is 7.35. The summed E-state index contributed by atoms with van der Waals surface area (Å²) < 4.78 is 68.6. The number of phosphoric ester groups is 2. The van der Waals surface area contributed by atoms with Crippen molar-refractivity contribution in [2.75, 3.05) is 39.6 Å². The molecule has 594 valence electrons. The van der Waals surface area contributed by atoms with E-state index in [0.29, 0.717) is 25.7 Å². The lowest BCUT2D eigenvalue weighted by atomic mass is 9.99. The molecule has 100 heavy (non-hydrogen) atoms. The van der Waals surface area contributed by atoms with Gasteiger partial charge in [0.05, 0.1) is 26.4 Å². The molecule has 0 fully saturated rings. The van der Waals surface area contributed by atoms with Gasteiger partial charge < -0.3 is 33.8 Å². The minimum absolute atomic E-state index is 0.108. The predicted octanol–water partition coefficient (Wildman–Crippen LogP) is 24.4. The first kappa shape index (κ1) is 98.1. The number of carbonyl (C=O) groups excluding carboxylic acids is 4. The Morgan fingerprint density at radius 1 is 0.280 bits per heavy atom. The van der Waals surface area contributed by atoms with E-state index < -0.39 is 97.5 Å². The van der Waals surface area contributed by atoms with Crippen molar-refractivity contribution in [1.29, 1.82) is 0 Å². The molecule has 0 aliphatic carbocycles. The molecule has 0 saturated carbocycles. The Bertz CT molecular complexity index is 1910. The van der Waals surface area contributed by atoms with Crippen LogP contribution in [0.5, 0.6) is 0 Å². The van der Waals surface area contributed by atoms with Gasteiger partial charge in [0.25, 0.3) is 0 Å². The number of unbranched alkanes of at least 4 members (excludes halogenated alkanes) is 52. The number of hydrogen-bond donors (Lipinski definition) is 3. The highest BCUT2D eigenvalue weighted by Gasteiger charge is 2.30. The van der Waals surface area contributed by atoms with Crippen LogP contribution in [0.15, 0.2) is 0 Å². The first-order chi connectivity index (χ1) is 48.6. The van der Waals surface area contributed by atoms with E-state index in [1.807, 2.05) is 0 Å². The fourth-order valence-corrected chi connectivity index (χ4v) is 14.1. The number of hydrogen-bond acceptors (Lipinski definition) is 15. The molecule has 19 heteroatoms. The second-order valence-corrected chi connectivity index (χ2v) is 32.3. The van der Waals surface area contributed by atoms with E-state index in [1.54, 1.807) is 0 Å². The number of ether oxygens (including phenoxy) is 4. The van der Waals surface area contributed by atoms with Crippen molar-refractivity contribution in [2.45, 2.75) is 451 Å². The average Bonchev–Trinajstić information content (AvgIpc) is 0.914. The minimum atomic E-state index is -4.96. The highest BCUT2D eigenvalue weighted by atomic mass is 31.2. The molecule has 0 rings (SSSR count). The predicted molar refractivity (Wildman–Crippen MR) is 409 cm³/mol. The number of esters is 4. The van der Waals surface area contributed by atoms with Gasteiger partial charge in [-0.2, -0.15) is 0 Å². The maximum atomic E-state index is 13.1. The van der Waals surface area contributed by atoms with Crippen molar-refractivity contribution in [3.05, 3.63) is 0 Å². The zero-order chi connectivity index (χ0) is 73.4. The second-order valence-electron chi connectivity index (χ2n) is 29.4. The zero-order valence-electron chi connectivity index (χ0n) is 65.3. The Hall–Kier alpha value is -1.94. The second kappa shape index (κ2) is 73.9. The van der Waals surface area contributed by atoms with Crippen LogP contribution in [0, 0.1) is 5.92 Å². The molecule has 0 amide bonds. The molecule has 0 saturated heterocycles. The highest BCUT2D eigenvalue weighted by Crippen LogP contribution is 2.45. The third-order valence-electron chi connectivity index (χ3n) is 19.4. The monoisotopic (exact) mass is 1470 g/mol. The largest absolute Gasteiger partial charge is 0.472 e. The molecule has 0 bridgehead atoms. The van der Waals surface area contributed by atoms with Gasteiger partial charge in [-0.1, -0.05) is 381 Å². The van der Waals surface area contributed by atoms with E-state index in [9.17, 15) is 43.2 Å². The minimum Gasteiger partial charge on any atom is -0.462 e. The lowest BCUT2D eigenvalue weighted by Crippen LogP contribution is -2.30. The summed E-state index contributed by atoms with van der Waals surface area (Å²) in [5, 5.41) is 10.6. The molecule has 0 aromatic carbocycles. The molecule has 6 atom stereocenters. The van der Waals surface area contributed by atoms with Gasteiger partial charge in [-0.05, 0) is 31.6 Å². The summed E-state index contributed by atoms with van der Waals surface area (Å²) in [7, 11) is -9.91. The Balaban J connectivity index is 5.16. The number of phosphoric acid groups is 2. The van der Waals surface area contributed by atoms with Crippen LogP contribution in [-0.2, 0) is 65.4 Å². The fraction of sp³-hybridized carbons (Fsp3) is 0.951. The van der Waals surface area contributed by atoms with Crippen LogP contribution in [0.25, 0.3) is 0 Å². The Labute approximate surface area is 613 Å². The van der Waals surface area contributed by atoms with Crippen LogP contribution in [0.4, 0.5) is 0 Å². The normalized spacial score (nSPS) is 14.1. The summed E-state index contributed by atoms with van der Waals surface area (Å²) in [6.07, 6.45) is 65.4. The smallest absolute Gasteiger partial charge is 0.462 e. The van der Waals surface area contributed by atoms with Crippen LogP contribution in [0.3, 0.4) is 0 Å². The molecule has 3 N–H and O–H groups in total. The summed E-state index contributed by atoms with van der Waals surface area (Å²) >= 11 is 0. The van der Waals surface area contributed by atoms with Crippen molar-refractivity contribution in [3.8, 4) is 0 Å². The first-order valence-corrected chi connectivity index (χ1v) is 45.2.